The first kappa shape index (κ1) is 39.3. The average Bonchev–Trinajstić information content (AvgIpc) is 3.90. The molecule has 3 heterocycles. The van der Waals surface area contributed by atoms with Crippen molar-refractivity contribution >= 4 is 77.2 Å². The molecule has 12 rings (SSSR count). The monoisotopic (exact) mass is 855 g/mol. The van der Waals surface area contributed by atoms with E-state index in [1.165, 1.54) is 142 Å². The normalized spacial score (nSPS) is 12.0. The SMILES string of the molecule is Cc1cc(C)c(-c2ccc3c(c2)c2cc(Sc4ccc5c(c4)c4cc(-c6c(C)cc(C)cc6C)ccc4n5-c4ccc5c(c4)c4ccccc4n5C)ccc2n3-c2ccccc2)c(C)c1. The zero-order chi connectivity index (χ0) is 44.2. The minimum atomic E-state index is 1.17. The van der Waals surface area contributed by atoms with Gasteiger partial charge in [-0.25, -0.2) is 0 Å². The highest BCUT2D eigenvalue weighted by atomic mass is 32.2. The Morgan fingerprint density at radius 2 is 0.738 bits per heavy atom. The molecule has 0 atom stereocenters. The van der Waals surface area contributed by atoms with Gasteiger partial charge in [0.2, 0.25) is 0 Å². The van der Waals surface area contributed by atoms with Crippen molar-refractivity contribution in [3.63, 3.8) is 0 Å². The maximum absolute atomic E-state index is 2.47. The first-order chi connectivity index (χ1) is 31.6. The lowest BCUT2D eigenvalue weighted by atomic mass is 9.93. The molecule has 0 unspecified atom stereocenters. The van der Waals surface area contributed by atoms with Crippen LogP contribution in [0, 0.1) is 41.5 Å². The van der Waals surface area contributed by atoms with E-state index in [9.17, 15) is 0 Å². The minimum absolute atomic E-state index is 1.17. The third-order valence-corrected chi connectivity index (χ3v) is 14.8. The number of aryl methyl sites for hydroxylation is 7. The van der Waals surface area contributed by atoms with Crippen LogP contribution in [-0.2, 0) is 7.05 Å². The van der Waals surface area contributed by atoms with Gasteiger partial charge in [0, 0.05) is 71.6 Å². The highest BCUT2D eigenvalue weighted by Crippen LogP contribution is 2.43. The molecule has 0 aliphatic carbocycles. The van der Waals surface area contributed by atoms with Crippen LogP contribution in [-0.4, -0.2) is 13.7 Å². The summed E-state index contributed by atoms with van der Waals surface area (Å²) in [7, 11) is 2.17. The molecule has 0 aliphatic rings. The van der Waals surface area contributed by atoms with Crippen molar-refractivity contribution in [3.8, 4) is 33.6 Å². The topological polar surface area (TPSA) is 14.8 Å². The number of benzene rings is 9. The highest BCUT2D eigenvalue weighted by molar-refractivity contribution is 7.99. The van der Waals surface area contributed by atoms with Gasteiger partial charge in [0.1, 0.15) is 0 Å². The Morgan fingerprint density at radius 1 is 0.323 bits per heavy atom. The highest BCUT2D eigenvalue weighted by Gasteiger charge is 2.20. The van der Waals surface area contributed by atoms with Crippen molar-refractivity contribution in [2.24, 2.45) is 7.05 Å². The molecule has 4 heteroatoms. The van der Waals surface area contributed by atoms with E-state index in [0.29, 0.717) is 0 Å². The summed E-state index contributed by atoms with van der Waals surface area (Å²) in [5, 5.41) is 7.58. The largest absolute Gasteiger partial charge is 0.344 e. The van der Waals surface area contributed by atoms with E-state index in [1.807, 2.05) is 11.8 Å². The molecule has 65 heavy (non-hydrogen) atoms. The predicted molar refractivity (Wildman–Crippen MR) is 279 cm³/mol. The molecule has 9 aromatic carbocycles. The summed E-state index contributed by atoms with van der Waals surface area (Å²) in [5.41, 5.74) is 22.6. The van der Waals surface area contributed by atoms with Gasteiger partial charge in [-0.3, -0.25) is 0 Å². The van der Waals surface area contributed by atoms with Gasteiger partial charge < -0.3 is 13.7 Å². The van der Waals surface area contributed by atoms with E-state index < -0.39 is 0 Å². The van der Waals surface area contributed by atoms with E-state index >= 15 is 0 Å². The number of hydrogen-bond donors (Lipinski definition) is 0. The van der Waals surface area contributed by atoms with E-state index in [4.69, 9.17) is 0 Å². The second-order valence-electron chi connectivity index (χ2n) is 18.3. The van der Waals surface area contributed by atoms with Crippen LogP contribution in [0.15, 0.2) is 180 Å². The van der Waals surface area contributed by atoms with E-state index in [2.05, 4.69) is 232 Å². The molecule has 0 spiro atoms. The fourth-order valence-electron chi connectivity index (χ4n) is 11.3. The summed E-state index contributed by atoms with van der Waals surface area (Å²) in [6.45, 7) is 13.4. The fraction of sp³-hybridized carbons (Fsp3) is 0.115. The third kappa shape index (κ3) is 6.26. The molecule has 0 saturated carbocycles. The van der Waals surface area contributed by atoms with Crippen LogP contribution in [0.4, 0.5) is 0 Å². The maximum atomic E-state index is 2.47. The van der Waals surface area contributed by atoms with Crippen molar-refractivity contribution in [3.05, 3.63) is 203 Å². The number of fused-ring (bicyclic) bond motifs is 9. The van der Waals surface area contributed by atoms with Gasteiger partial charge in [-0.2, -0.15) is 0 Å². The summed E-state index contributed by atoms with van der Waals surface area (Å²) in [5.74, 6) is 0. The van der Waals surface area contributed by atoms with Crippen molar-refractivity contribution in [1.82, 2.24) is 13.7 Å². The van der Waals surface area contributed by atoms with Gasteiger partial charge in [-0.05, 0) is 183 Å². The average molecular weight is 856 g/mol. The van der Waals surface area contributed by atoms with Crippen molar-refractivity contribution in [2.45, 2.75) is 51.3 Å². The molecule has 314 valence electrons. The number of para-hydroxylation sites is 2. The van der Waals surface area contributed by atoms with Crippen molar-refractivity contribution in [1.29, 1.82) is 0 Å². The van der Waals surface area contributed by atoms with Crippen LogP contribution in [0.3, 0.4) is 0 Å². The molecule has 0 amide bonds. The summed E-state index contributed by atoms with van der Waals surface area (Å²) in [6.07, 6.45) is 0. The molecular weight excluding hydrogens is 807 g/mol. The Hall–Kier alpha value is -7.27. The number of hydrogen-bond acceptors (Lipinski definition) is 1. The third-order valence-electron chi connectivity index (χ3n) is 13.8. The van der Waals surface area contributed by atoms with Crippen molar-refractivity contribution in [2.75, 3.05) is 0 Å². The first-order valence-corrected chi connectivity index (χ1v) is 23.4. The van der Waals surface area contributed by atoms with Crippen LogP contribution in [0.1, 0.15) is 33.4 Å². The Morgan fingerprint density at radius 3 is 1.28 bits per heavy atom. The molecule has 0 aliphatic heterocycles. The fourth-order valence-corrected chi connectivity index (χ4v) is 12.2. The van der Waals surface area contributed by atoms with Crippen LogP contribution < -0.4 is 0 Å². The van der Waals surface area contributed by atoms with Gasteiger partial charge in [-0.15, -0.1) is 0 Å². The molecule has 0 bridgehead atoms. The minimum Gasteiger partial charge on any atom is -0.344 e. The van der Waals surface area contributed by atoms with Gasteiger partial charge >= 0.3 is 0 Å². The summed E-state index contributed by atoms with van der Waals surface area (Å²) < 4.78 is 7.20. The standard InChI is InChI=1S/C61H49N3S/c1-36-27-38(3)60(39(4)28-36)42-17-22-56-49(31-42)52-34-46(20-25-58(52)63(56)44-13-9-8-10-14-44)65-47-21-26-59-53(35-47)50-32-43(61-40(5)29-37(2)30-41(61)6)18-23-57(50)64(59)45-19-24-55-51(33-45)48-15-11-12-16-54(48)62(55)7/h8-35H,1-7H3. The van der Waals surface area contributed by atoms with Crippen molar-refractivity contribution < 1.29 is 0 Å². The van der Waals surface area contributed by atoms with Gasteiger partial charge in [0.25, 0.3) is 0 Å². The molecule has 0 radical (unpaired) electrons. The van der Waals surface area contributed by atoms with Crippen LogP contribution in [0.2, 0.25) is 0 Å². The number of rotatable bonds is 6. The zero-order valence-corrected chi connectivity index (χ0v) is 38.7. The lowest BCUT2D eigenvalue weighted by Crippen LogP contribution is -1.95. The second-order valence-corrected chi connectivity index (χ2v) is 19.4. The van der Waals surface area contributed by atoms with Gasteiger partial charge in [-0.1, -0.05) is 95.7 Å². The summed E-state index contributed by atoms with van der Waals surface area (Å²) in [6, 6.07) is 63.9. The summed E-state index contributed by atoms with van der Waals surface area (Å²) >= 11 is 1.84. The Kier molecular flexibility index (Phi) is 9.02. The Balaban J connectivity index is 1.03. The smallest absolute Gasteiger partial charge is 0.0541 e. The summed E-state index contributed by atoms with van der Waals surface area (Å²) in [4.78, 5) is 2.43. The zero-order valence-electron chi connectivity index (χ0n) is 37.9. The number of aromatic nitrogens is 3. The van der Waals surface area contributed by atoms with Gasteiger partial charge in [0.05, 0.1) is 22.1 Å². The second kappa shape index (κ2) is 14.9. The number of nitrogens with zero attached hydrogens (tertiary/aromatic N) is 3. The van der Waals surface area contributed by atoms with E-state index in [1.54, 1.807) is 0 Å². The molecule has 0 saturated heterocycles. The Labute approximate surface area is 384 Å². The molecule has 0 N–H and O–H groups in total. The molecular formula is C61H49N3S. The predicted octanol–water partition coefficient (Wildman–Crippen LogP) is 16.9. The van der Waals surface area contributed by atoms with Crippen LogP contribution >= 0.6 is 11.8 Å². The van der Waals surface area contributed by atoms with E-state index in [0.717, 1.165) is 0 Å². The van der Waals surface area contributed by atoms with E-state index in [-0.39, 0.29) is 0 Å². The first-order valence-electron chi connectivity index (χ1n) is 22.6. The molecule has 3 nitrogen and oxygen atoms in total. The molecule has 0 fully saturated rings. The van der Waals surface area contributed by atoms with Gasteiger partial charge in [0.15, 0.2) is 0 Å². The lowest BCUT2D eigenvalue weighted by Gasteiger charge is -2.13. The van der Waals surface area contributed by atoms with Crippen LogP contribution in [0.25, 0.3) is 99.0 Å². The molecule has 12 aromatic rings. The maximum Gasteiger partial charge on any atom is 0.0541 e. The molecule has 3 aromatic heterocycles. The quantitative estimate of drug-likeness (QED) is 0.163. The Bertz CT molecular complexity index is 3890. The van der Waals surface area contributed by atoms with Crippen LogP contribution in [0.5, 0.6) is 0 Å². The lowest BCUT2D eigenvalue weighted by molar-refractivity contribution is 1.01.